The summed E-state index contributed by atoms with van der Waals surface area (Å²) in [6, 6.07) is -0.852. The minimum Gasteiger partial charge on any atom is -0.481 e. The molecule has 20 heavy (non-hydrogen) atoms. The van der Waals surface area contributed by atoms with Gasteiger partial charge in [0.1, 0.15) is 6.04 Å². The molecule has 0 saturated carbocycles. The van der Waals surface area contributed by atoms with Gasteiger partial charge >= 0.3 is 18.0 Å². The predicted molar refractivity (Wildman–Crippen MR) is 71.2 cm³/mol. The van der Waals surface area contributed by atoms with E-state index >= 15 is 0 Å². The van der Waals surface area contributed by atoms with Gasteiger partial charge in [0.05, 0.1) is 13.0 Å². The molecular weight excluding hydrogens is 264 g/mol. The van der Waals surface area contributed by atoms with Gasteiger partial charge in [-0.15, -0.1) is 0 Å². The highest BCUT2D eigenvalue weighted by atomic mass is 16.5. The van der Waals surface area contributed by atoms with Crippen molar-refractivity contribution in [2.75, 3.05) is 26.7 Å². The van der Waals surface area contributed by atoms with Gasteiger partial charge in [0, 0.05) is 19.6 Å². The maximum Gasteiger partial charge on any atom is 0.328 e. The lowest BCUT2D eigenvalue weighted by Gasteiger charge is -2.30. The van der Waals surface area contributed by atoms with Crippen LogP contribution in [0.2, 0.25) is 0 Å². The fraction of sp³-hybridized carbons (Fsp3) is 0.769. The lowest BCUT2D eigenvalue weighted by Crippen LogP contribution is -2.49. The van der Waals surface area contributed by atoms with E-state index < -0.39 is 23.9 Å². The fourth-order valence-electron chi connectivity index (χ4n) is 2.31. The molecule has 7 nitrogen and oxygen atoms in total. The standard InChI is InChI=1S/C13H22N2O5/c1-4-14(8-9(2)11(16)17)13(19)15-7-5-6-10(15)12(18)20-3/h9-10H,4-8H2,1-3H3,(H,16,17). The minimum atomic E-state index is -0.942. The van der Waals surface area contributed by atoms with Crippen molar-refractivity contribution in [3.63, 3.8) is 0 Å². The van der Waals surface area contributed by atoms with Crippen LogP contribution in [0, 0.1) is 5.92 Å². The lowest BCUT2D eigenvalue weighted by molar-refractivity contribution is -0.145. The number of esters is 1. The molecule has 1 saturated heterocycles. The van der Waals surface area contributed by atoms with Crippen molar-refractivity contribution >= 4 is 18.0 Å². The van der Waals surface area contributed by atoms with Crippen LogP contribution in [0.3, 0.4) is 0 Å². The normalized spacial score (nSPS) is 19.6. The highest BCUT2D eigenvalue weighted by Crippen LogP contribution is 2.20. The van der Waals surface area contributed by atoms with Crippen LogP contribution in [0.4, 0.5) is 4.79 Å². The summed E-state index contributed by atoms with van der Waals surface area (Å²) in [6.07, 6.45) is 1.34. The molecule has 2 atom stereocenters. The third-order valence-electron chi connectivity index (χ3n) is 3.54. The summed E-state index contributed by atoms with van der Waals surface area (Å²) < 4.78 is 4.70. The molecule has 1 fully saturated rings. The number of carboxylic acid groups (broad SMARTS) is 1. The van der Waals surface area contributed by atoms with Gasteiger partial charge in [-0.05, 0) is 19.8 Å². The number of hydrogen-bond acceptors (Lipinski definition) is 4. The number of urea groups is 1. The van der Waals surface area contributed by atoms with E-state index in [-0.39, 0.29) is 12.6 Å². The molecule has 0 spiro atoms. The number of carboxylic acids is 1. The molecule has 2 unspecified atom stereocenters. The number of rotatable bonds is 5. The third kappa shape index (κ3) is 3.61. The Bertz CT molecular complexity index is 385. The van der Waals surface area contributed by atoms with Crippen LogP contribution in [0.15, 0.2) is 0 Å². The summed E-state index contributed by atoms with van der Waals surface area (Å²) in [6.45, 7) is 4.38. The summed E-state index contributed by atoms with van der Waals surface area (Å²) in [5.74, 6) is -2.00. The first kappa shape index (κ1) is 16.3. The van der Waals surface area contributed by atoms with E-state index in [0.29, 0.717) is 19.5 Å². The summed E-state index contributed by atoms with van der Waals surface area (Å²) in [4.78, 5) is 37.9. The lowest BCUT2D eigenvalue weighted by atomic mass is 10.1. The van der Waals surface area contributed by atoms with Crippen molar-refractivity contribution in [2.24, 2.45) is 5.92 Å². The van der Waals surface area contributed by atoms with Crippen LogP contribution in [-0.4, -0.2) is 65.7 Å². The number of hydrogen-bond donors (Lipinski definition) is 1. The van der Waals surface area contributed by atoms with Gasteiger partial charge in [-0.3, -0.25) is 4.79 Å². The highest BCUT2D eigenvalue weighted by molar-refractivity contribution is 5.84. The number of ether oxygens (including phenoxy) is 1. The number of aliphatic carboxylic acids is 1. The molecule has 2 amide bonds. The summed E-state index contributed by atoms with van der Waals surface area (Å²) >= 11 is 0. The summed E-state index contributed by atoms with van der Waals surface area (Å²) in [5, 5.41) is 8.93. The maximum absolute atomic E-state index is 12.4. The van der Waals surface area contributed by atoms with Crippen LogP contribution in [0.1, 0.15) is 26.7 Å². The molecule has 0 radical (unpaired) electrons. The van der Waals surface area contributed by atoms with Gasteiger partial charge in [-0.2, -0.15) is 0 Å². The fourth-order valence-corrected chi connectivity index (χ4v) is 2.31. The molecule has 1 heterocycles. The first-order chi connectivity index (χ1) is 9.42. The summed E-state index contributed by atoms with van der Waals surface area (Å²) in [5.41, 5.74) is 0. The predicted octanol–water partition coefficient (Wildman–Crippen LogP) is 0.786. The highest BCUT2D eigenvalue weighted by Gasteiger charge is 2.37. The van der Waals surface area contributed by atoms with Crippen LogP contribution < -0.4 is 0 Å². The number of carbonyl (C=O) groups excluding carboxylic acids is 2. The van der Waals surface area contributed by atoms with E-state index in [0.717, 1.165) is 6.42 Å². The van der Waals surface area contributed by atoms with Crippen molar-refractivity contribution in [3.05, 3.63) is 0 Å². The zero-order valence-corrected chi connectivity index (χ0v) is 12.2. The number of methoxy groups -OCH3 is 1. The Kier molecular flexibility index (Phi) is 5.79. The zero-order chi connectivity index (χ0) is 15.3. The van der Waals surface area contributed by atoms with E-state index in [1.165, 1.54) is 16.9 Å². The van der Waals surface area contributed by atoms with Crippen LogP contribution in [0.5, 0.6) is 0 Å². The molecule has 1 aliphatic rings. The molecule has 0 aliphatic carbocycles. The second-order valence-electron chi connectivity index (χ2n) is 4.94. The van der Waals surface area contributed by atoms with Crippen molar-refractivity contribution in [1.29, 1.82) is 0 Å². The van der Waals surface area contributed by atoms with Gasteiger partial charge in [-0.1, -0.05) is 6.92 Å². The molecular formula is C13H22N2O5. The molecule has 0 aromatic heterocycles. The molecule has 0 bridgehead atoms. The van der Waals surface area contributed by atoms with E-state index in [9.17, 15) is 14.4 Å². The van der Waals surface area contributed by atoms with Crippen molar-refractivity contribution in [1.82, 2.24) is 9.80 Å². The second kappa shape index (κ2) is 7.12. The Morgan fingerprint density at radius 3 is 2.60 bits per heavy atom. The van der Waals surface area contributed by atoms with E-state index in [4.69, 9.17) is 9.84 Å². The van der Waals surface area contributed by atoms with Crippen molar-refractivity contribution in [2.45, 2.75) is 32.7 Å². The average Bonchev–Trinajstić information content (AvgIpc) is 2.91. The second-order valence-corrected chi connectivity index (χ2v) is 4.94. The minimum absolute atomic E-state index is 0.134. The van der Waals surface area contributed by atoms with Crippen molar-refractivity contribution < 1.29 is 24.2 Å². The maximum atomic E-state index is 12.4. The largest absolute Gasteiger partial charge is 0.481 e. The molecule has 7 heteroatoms. The number of nitrogens with zero attached hydrogens (tertiary/aromatic N) is 2. The Morgan fingerprint density at radius 1 is 1.45 bits per heavy atom. The molecule has 1 N–H and O–H groups in total. The first-order valence-corrected chi connectivity index (χ1v) is 6.78. The topological polar surface area (TPSA) is 87.2 Å². The number of amides is 2. The van der Waals surface area contributed by atoms with E-state index in [1.54, 1.807) is 13.8 Å². The monoisotopic (exact) mass is 286 g/mol. The Labute approximate surface area is 118 Å². The molecule has 1 rings (SSSR count). The van der Waals surface area contributed by atoms with E-state index in [2.05, 4.69) is 0 Å². The molecule has 0 aromatic rings. The van der Waals surface area contributed by atoms with Gasteiger partial charge in [0.2, 0.25) is 0 Å². The number of likely N-dealkylation sites (tertiary alicyclic amines) is 1. The summed E-state index contributed by atoms with van der Waals surface area (Å²) in [7, 11) is 1.30. The van der Waals surface area contributed by atoms with Gasteiger partial charge < -0.3 is 19.6 Å². The quantitative estimate of drug-likeness (QED) is 0.755. The van der Waals surface area contributed by atoms with Crippen LogP contribution >= 0.6 is 0 Å². The Balaban J connectivity index is 2.75. The van der Waals surface area contributed by atoms with Crippen molar-refractivity contribution in [3.8, 4) is 0 Å². The third-order valence-corrected chi connectivity index (χ3v) is 3.54. The Hall–Kier alpha value is -1.79. The smallest absolute Gasteiger partial charge is 0.328 e. The van der Waals surface area contributed by atoms with E-state index in [1.807, 2.05) is 0 Å². The number of carbonyl (C=O) groups is 3. The molecule has 0 aromatic carbocycles. The Morgan fingerprint density at radius 2 is 2.10 bits per heavy atom. The zero-order valence-electron chi connectivity index (χ0n) is 12.2. The van der Waals surface area contributed by atoms with Gasteiger partial charge in [0.15, 0.2) is 0 Å². The first-order valence-electron chi connectivity index (χ1n) is 6.78. The molecule has 114 valence electrons. The van der Waals surface area contributed by atoms with Gasteiger partial charge in [0.25, 0.3) is 0 Å². The van der Waals surface area contributed by atoms with Gasteiger partial charge in [-0.25, -0.2) is 9.59 Å². The SMILES string of the molecule is CCN(CC(C)C(=O)O)C(=O)N1CCCC1C(=O)OC. The average molecular weight is 286 g/mol. The molecule has 1 aliphatic heterocycles. The van der Waals surface area contributed by atoms with Crippen LogP contribution in [-0.2, 0) is 14.3 Å². The van der Waals surface area contributed by atoms with Crippen LogP contribution in [0.25, 0.3) is 0 Å².